The zero-order chi connectivity index (χ0) is 11.7. The lowest BCUT2D eigenvalue weighted by atomic mass is 9.81. The van der Waals surface area contributed by atoms with E-state index in [1.807, 2.05) is 0 Å². The summed E-state index contributed by atoms with van der Waals surface area (Å²) in [5, 5.41) is 2.60. The zero-order valence-electron chi connectivity index (χ0n) is 9.86. The van der Waals surface area contributed by atoms with Crippen molar-refractivity contribution in [2.45, 2.75) is 31.6 Å². The van der Waals surface area contributed by atoms with Gasteiger partial charge in [-0.25, -0.2) is 0 Å². The third-order valence-corrected chi connectivity index (χ3v) is 3.75. The molecule has 1 fully saturated rings. The molecular weight excluding hydrogens is 208 g/mol. The maximum absolute atomic E-state index is 11.6. The molecule has 1 aliphatic rings. The molecule has 17 heavy (non-hydrogen) atoms. The first-order chi connectivity index (χ1) is 8.34. The predicted molar refractivity (Wildman–Crippen MR) is 70.2 cm³/mol. The third-order valence-electron chi connectivity index (χ3n) is 3.75. The zero-order valence-corrected chi connectivity index (χ0v) is 9.86. The summed E-state index contributed by atoms with van der Waals surface area (Å²) in [7, 11) is 0. The number of carbonyl (C=O) groups is 1. The Morgan fingerprint density at radius 1 is 1.00 bits per heavy atom. The SMILES string of the molecule is O=C1CCCC(c2cccc3ccccc23)C1. The minimum absolute atomic E-state index is 0.425. The Hall–Kier alpha value is -1.63. The monoisotopic (exact) mass is 224 g/mol. The fourth-order valence-corrected chi connectivity index (χ4v) is 2.90. The summed E-state index contributed by atoms with van der Waals surface area (Å²) >= 11 is 0. The van der Waals surface area contributed by atoms with E-state index in [9.17, 15) is 4.79 Å². The van der Waals surface area contributed by atoms with Crippen molar-refractivity contribution in [3.63, 3.8) is 0 Å². The van der Waals surface area contributed by atoms with Gasteiger partial charge in [0.1, 0.15) is 5.78 Å². The third kappa shape index (κ3) is 1.97. The van der Waals surface area contributed by atoms with Crippen LogP contribution in [-0.2, 0) is 4.79 Å². The highest BCUT2D eigenvalue weighted by molar-refractivity contribution is 5.87. The van der Waals surface area contributed by atoms with Crippen molar-refractivity contribution in [3.8, 4) is 0 Å². The van der Waals surface area contributed by atoms with E-state index >= 15 is 0 Å². The smallest absolute Gasteiger partial charge is 0.133 e. The van der Waals surface area contributed by atoms with E-state index in [1.54, 1.807) is 0 Å². The van der Waals surface area contributed by atoms with Crippen molar-refractivity contribution in [1.82, 2.24) is 0 Å². The van der Waals surface area contributed by atoms with Gasteiger partial charge in [0.2, 0.25) is 0 Å². The van der Waals surface area contributed by atoms with Gasteiger partial charge in [-0.1, -0.05) is 42.5 Å². The Balaban J connectivity index is 2.07. The molecule has 0 amide bonds. The standard InChI is InChI=1S/C16H16O/c17-14-8-3-7-13(11-14)16-10-4-6-12-5-1-2-9-15(12)16/h1-2,4-6,9-10,13H,3,7-8,11H2. The molecule has 0 N–H and O–H groups in total. The second-order valence-electron chi connectivity index (χ2n) is 4.90. The Morgan fingerprint density at radius 2 is 1.82 bits per heavy atom. The van der Waals surface area contributed by atoms with Crippen LogP contribution in [0.25, 0.3) is 10.8 Å². The molecule has 0 heterocycles. The van der Waals surface area contributed by atoms with Gasteiger partial charge in [0.15, 0.2) is 0 Å². The second-order valence-corrected chi connectivity index (χ2v) is 4.90. The maximum Gasteiger partial charge on any atom is 0.133 e. The van der Waals surface area contributed by atoms with Gasteiger partial charge in [-0.3, -0.25) is 4.79 Å². The first-order valence-electron chi connectivity index (χ1n) is 6.34. The van der Waals surface area contributed by atoms with Gasteiger partial charge in [0.05, 0.1) is 0 Å². The summed E-state index contributed by atoms with van der Waals surface area (Å²) in [5.41, 5.74) is 1.36. The lowest BCUT2D eigenvalue weighted by Gasteiger charge is -2.22. The average Bonchev–Trinajstić information content (AvgIpc) is 2.38. The van der Waals surface area contributed by atoms with E-state index in [4.69, 9.17) is 0 Å². The van der Waals surface area contributed by atoms with Crippen LogP contribution in [0.2, 0.25) is 0 Å². The van der Waals surface area contributed by atoms with E-state index in [0.29, 0.717) is 11.7 Å². The second kappa shape index (κ2) is 4.33. The van der Waals surface area contributed by atoms with E-state index in [0.717, 1.165) is 25.7 Å². The minimum atomic E-state index is 0.425. The van der Waals surface area contributed by atoms with Crippen molar-refractivity contribution in [3.05, 3.63) is 48.0 Å². The molecule has 0 bridgehead atoms. The average molecular weight is 224 g/mol. The number of fused-ring (bicyclic) bond motifs is 1. The topological polar surface area (TPSA) is 17.1 Å². The van der Waals surface area contributed by atoms with Gasteiger partial charge in [-0.2, -0.15) is 0 Å². The summed E-state index contributed by atoms with van der Waals surface area (Å²) in [6, 6.07) is 14.9. The van der Waals surface area contributed by atoms with Crippen LogP contribution in [-0.4, -0.2) is 5.78 Å². The van der Waals surface area contributed by atoms with Gasteiger partial charge in [-0.15, -0.1) is 0 Å². The van der Waals surface area contributed by atoms with E-state index in [-0.39, 0.29) is 0 Å². The van der Waals surface area contributed by atoms with Crippen LogP contribution >= 0.6 is 0 Å². The van der Waals surface area contributed by atoms with Crippen molar-refractivity contribution in [1.29, 1.82) is 0 Å². The molecule has 0 saturated heterocycles. The van der Waals surface area contributed by atoms with Gasteiger partial charge >= 0.3 is 0 Å². The predicted octanol–water partition coefficient (Wildman–Crippen LogP) is 4.07. The highest BCUT2D eigenvalue weighted by Gasteiger charge is 2.22. The molecule has 1 saturated carbocycles. The number of ketones is 1. The number of hydrogen-bond donors (Lipinski definition) is 0. The number of hydrogen-bond acceptors (Lipinski definition) is 1. The van der Waals surface area contributed by atoms with E-state index < -0.39 is 0 Å². The normalized spacial score (nSPS) is 20.7. The molecule has 1 heteroatoms. The first kappa shape index (κ1) is 10.5. The lowest BCUT2D eigenvalue weighted by molar-refractivity contribution is -0.120. The van der Waals surface area contributed by atoms with Crippen LogP contribution < -0.4 is 0 Å². The van der Waals surface area contributed by atoms with Crippen LogP contribution in [0, 0.1) is 0 Å². The molecule has 3 rings (SSSR count). The molecular formula is C16H16O. The van der Waals surface area contributed by atoms with Crippen LogP contribution in [0.3, 0.4) is 0 Å². The van der Waals surface area contributed by atoms with E-state index in [1.165, 1.54) is 16.3 Å². The van der Waals surface area contributed by atoms with Gasteiger partial charge in [0.25, 0.3) is 0 Å². The summed E-state index contributed by atoms with van der Waals surface area (Å²) in [6.45, 7) is 0. The van der Waals surface area contributed by atoms with Crippen LogP contribution in [0.4, 0.5) is 0 Å². The van der Waals surface area contributed by atoms with Crippen LogP contribution in [0.5, 0.6) is 0 Å². The number of rotatable bonds is 1. The molecule has 2 aromatic carbocycles. The highest BCUT2D eigenvalue weighted by Crippen LogP contribution is 2.34. The fraction of sp³-hybridized carbons (Fsp3) is 0.312. The Bertz CT molecular complexity index is 551. The molecule has 1 aliphatic carbocycles. The van der Waals surface area contributed by atoms with Crippen molar-refractivity contribution in [2.75, 3.05) is 0 Å². The summed E-state index contributed by atoms with van der Waals surface area (Å²) < 4.78 is 0. The first-order valence-corrected chi connectivity index (χ1v) is 6.34. The summed E-state index contributed by atoms with van der Waals surface area (Å²) in [4.78, 5) is 11.6. The Kier molecular flexibility index (Phi) is 2.68. The molecule has 0 aliphatic heterocycles. The largest absolute Gasteiger partial charge is 0.300 e. The summed E-state index contributed by atoms with van der Waals surface area (Å²) in [6.07, 6.45) is 3.71. The number of carbonyl (C=O) groups excluding carboxylic acids is 1. The number of Topliss-reactive ketones (excluding diaryl/α,β-unsaturated/α-hetero) is 1. The van der Waals surface area contributed by atoms with E-state index in [2.05, 4.69) is 42.5 Å². The molecule has 1 nitrogen and oxygen atoms in total. The maximum atomic E-state index is 11.6. The summed E-state index contributed by atoms with van der Waals surface area (Å²) in [5.74, 6) is 0.858. The lowest BCUT2D eigenvalue weighted by Crippen LogP contribution is -2.13. The highest BCUT2D eigenvalue weighted by atomic mass is 16.1. The van der Waals surface area contributed by atoms with Crippen LogP contribution in [0.15, 0.2) is 42.5 Å². The Morgan fingerprint density at radius 3 is 2.71 bits per heavy atom. The molecule has 1 unspecified atom stereocenters. The van der Waals surface area contributed by atoms with Crippen molar-refractivity contribution in [2.24, 2.45) is 0 Å². The molecule has 1 atom stereocenters. The van der Waals surface area contributed by atoms with Crippen molar-refractivity contribution >= 4 is 16.6 Å². The number of benzene rings is 2. The molecule has 0 radical (unpaired) electrons. The minimum Gasteiger partial charge on any atom is -0.300 e. The Labute approximate surface area is 101 Å². The van der Waals surface area contributed by atoms with Crippen molar-refractivity contribution < 1.29 is 4.79 Å². The fourth-order valence-electron chi connectivity index (χ4n) is 2.90. The molecule has 0 spiro atoms. The van der Waals surface area contributed by atoms with Crippen LogP contribution in [0.1, 0.15) is 37.2 Å². The van der Waals surface area contributed by atoms with Gasteiger partial charge in [0, 0.05) is 12.8 Å². The molecule has 2 aromatic rings. The molecule has 86 valence electrons. The quantitative estimate of drug-likeness (QED) is 0.713. The van der Waals surface area contributed by atoms with Gasteiger partial charge < -0.3 is 0 Å². The molecule has 0 aromatic heterocycles. The van der Waals surface area contributed by atoms with Gasteiger partial charge in [-0.05, 0) is 35.1 Å².